The minimum absolute atomic E-state index is 0.0644. The molecule has 0 aromatic heterocycles. The van der Waals surface area contributed by atoms with Crippen molar-refractivity contribution in [3.63, 3.8) is 0 Å². The predicted octanol–water partition coefficient (Wildman–Crippen LogP) is 1.97. The van der Waals surface area contributed by atoms with Crippen LogP contribution in [0.2, 0.25) is 0 Å². The maximum Gasteiger partial charge on any atom is 0.269 e. The summed E-state index contributed by atoms with van der Waals surface area (Å²) < 4.78 is 62.4. The van der Waals surface area contributed by atoms with Crippen LogP contribution in [0.4, 0.5) is 13.2 Å². The Kier molecular flexibility index (Phi) is 5.41. The second-order valence-electron chi connectivity index (χ2n) is 6.37. The quantitative estimate of drug-likeness (QED) is 0.596. The van der Waals surface area contributed by atoms with Crippen LogP contribution in [0, 0.1) is 23.4 Å². The van der Waals surface area contributed by atoms with Crippen molar-refractivity contribution in [2.45, 2.75) is 6.42 Å². The number of rotatable bonds is 3. The molecule has 0 unspecified atom stereocenters. The summed E-state index contributed by atoms with van der Waals surface area (Å²) in [5.74, 6) is -6.50. The molecule has 2 N–H and O–H groups in total. The smallest absolute Gasteiger partial charge is 0.269 e. The van der Waals surface area contributed by atoms with E-state index in [1.54, 1.807) is 0 Å². The van der Waals surface area contributed by atoms with Crippen molar-refractivity contribution in [3.8, 4) is 11.1 Å². The van der Waals surface area contributed by atoms with E-state index >= 15 is 0 Å². The second kappa shape index (κ2) is 7.63. The second-order valence-corrected chi connectivity index (χ2v) is 8.60. The van der Waals surface area contributed by atoms with Crippen LogP contribution in [-0.4, -0.2) is 31.7 Å². The number of hydrogen-bond acceptors (Lipinski definition) is 4. The molecule has 1 fully saturated rings. The van der Waals surface area contributed by atoms with E-state index in [0.29, 0.717) is 5.56 Å². The van der Waals surface area contributed by atoms with E-state index in [2.05, 4.69) is 10.9 Å². The first-order valence-electron chi connectivity index (χ1n) is 8.22. The standard InChI is InChI=1S/C18H15F3N2O4S/c19-14-7-13(8-15(20)16(14)21)10-1-3-11(4-2-10)17(24)22-23-18(25)12-5-6-28(26,27)9-12/h1-4,7-8,12H,5-6,9H2,(H,22,24)(H,23,25)/t12-/m1/s1. The molecule has 1 aliphatic rings. The van der Waals surface area contributed by atoms with Crippen molar-refractivity contribution in [2.24, 2.45) is 5.92 Å². The highest BCUT2D eigenvalue weighted by atomic mass is 32.2. The largest absolute Gasteiger partial charge is 0.273 e. The van der Waals surface area contributed by atoms with E-state index in [9.17, 15) is 31.2 Å². The number of nitrogens with one attached hydrogen (secondary N) is 2. The minimum atomic E-state index is -3.22. The zero-order chi connectivity index (χ0) is 20.5. The van der Waals surface area contributed by atoms with Crippen LogP contribution in [0.1, 0.15) is 16.8 Å². The molecular weight excluding hydrogens is 397 g/mol. The lowest BCUT2D eigenvalue weighted by Gasteiger charge is -2.11. The molecule has 1 saturated heterocycles. The maximum absolute atomic E-state index is 13.3. The monoisotopic (exact) mass is 412 g/mol. The highest BCUT2D eigenvalue weighted by molar-refractivity contribution is 7.91. The van der Waals surface area contributed by atoms with Gasteiger partial charge in [0.15, 0.2) is 27.3 Å². The van der Waals surface area contributed by atoms with Crippen molar-refractivity contribution in [1.82, 2.24) is 10.9 Å². The summed E-state index contributed by atoms with van der Waals surface area (Å²) in [7, 11) is -3.22. The molecule has 10 heteroatoms. The highest BCUT2D eigenvalue weighted by Gasteiger charge is 2.33. The van der Waals surface area contributed by atoms with Gasteiger partial charge >= 0.3 is 0 Å². The Morgan fingerprint density at radius 3 is 2.07 bits per heavy atom. The molecule has 0 bridgehead atoms. The average molecular weight is 412 g/mol. The number of sulfone groups is 1. The van der Waals surface area contributed by atoms with Gasteiger partial charge in [0.1, 0.15) is 0 Å². The van der Waals surface area contributed by atoms with E-state index in [-0.39, 0.29) is 29.1 Å². The summed E-state index contributed by atoms with van der Waals surface area (Å²) in [6.45, 7) is 0. The third kappa shape index (κ3) is 4.33. The van der Waals surface area contributed by atoms with Crippen molar-refractivity contribution in [1.29, 1.82) is 0 Å². The zero-order valence-corrected chi connectivity index (χ0v) is 15.2. The molecule has 0 aliphatic carbocycles. The van der Waals surface area contributed by atoms with Crippen molar-refractivity contribution in [2.75, 3.05) is 11.5 Å². The number of halogens is 3. The number of hydrogen-bond donors (Lipinski definition) is 2. The van der Waals surface area contributed by atoms with Gasteiger partial charge in [-0.05, 0) is 41.8 Å². The van der Waals surface area contributed by atoms with E-state index in [1.807, 2.05) is 0 Å². The fraction of sp³-hybridized carbons (Fsp3) is 0.222. The third-order valence-electron chi connectivity index (χ3n) is 4.37. The van der Waals surface area contributed by atoms with Crippen LogP contribution in [0.3, 0.4) is 0 Å². The Bertz CT molecular complexity index is 1020. The van der Waals surface area contributed by atoms with Gasteiger partial charge in [0.05, 0.1) is 17.4 Å². The highest BCUT2D eigenvalue weighted by Crippen LogP contribution is 2.24. The molecule has 2 amide bonds. The number of carbonyl (C=O) groups is 2. The lowest BCUT2D eigenvalue weighted by molar-refractivity contribution is -0.125. The molecule has 1 atom stereocenters. The Balaban J connectivity index is 1.63. The van der Waals surface area contributed by atoms with Crippen LogP contribution < -0.4 is 10.9 Å². The Morgan fingerprint density at radius 2 is 1.54 bits per heavy atom. The minimum Gasteiger partial charge on any atom is -0.273 e. The van der Waals surface area contributed by atoms with Crippen molar-refractivity contribution in [3.05, 3.63) is 59.4 Å². The lowest BCUT2D eigenvalue weighted by atomic mass is 10.0. The summed E-state index contributed by atoms with van der Waals surface area (Å²) in [5.41, 5.74) is 4.97. The number of benzene rings is 2. The Labute approximate surface area is 158 Å². The van der Waals surface area contributed by atoms with E-state index < -0.39 is 45.0 Å². The van der Waals surface area contributed by atoms with Crippen LogP contribution in [0.25, 0.3) is 11.1 Å². The number of carbonyl (C=O) groups excluding carboxylic acids is 2. The Morgan fingerprint density at radius 1 is 0.929 bits per heavy atom. The first-order chi connectivity index (χ1) is 13.2. The topological polar surface area (TPSA) is 92.3 Å². The fourth-order valence-electron chi connectivity index (χ4n) is 2.83. The third-order valence-corrected chi connectivity index (χ3v) is 6.13. The van der Waals surface area contributed by atoms with Crippen LogP contribution in [0.15, 0.2) is 36.4 Å². The molecule has 148 valence electrons. The van der Waals surface area contributed by atoms with Gasteiger partial charge < -0.3 is 0 Å². The molecule has 28 heavy (non-hydrogen) atoms. The zero-order valence-electron chi connectivity index (χ0n) is 14.3. The molecule has 6 nitrogen and oxygen atoms in total. The number of amides is 2. The van der Waals surface area contributed by atoms with Crippen LogP contribution >= 0.6 is 0 Å². The van der Waals surface area contributed by atoms with Gasteiger partial charge in [-0.3, -0.25) is 20.4 Å². The van der Waals surface area contributed by atoms with Crippen LogP contribution in [-0.2, 0) is 14.6 Å². The Hall–Kier alpha value is -2.88. The van der Waals surface area contributed by atoms with Gasteiger partial charge in [0.2, 0.25) is 5.91 Å². The molecule has 2 aromatic carbocycles. The molecule has 0 saturated carbocycles. The molecule has 3 rings (SSSR count). The molecular formula is C18H15F3N2O4S. The van der Waals surface area contributed by atoms with E-state index in [0.717, 1.165) is 12.1 Å². The molecule has 1 heterocycles. The van der Waals surface area contributed by atoms with Crippen molar-refractivity contribution >= 4 is 21.7 Å². The molecule has 0 spiro atoms. The SMILES string of the molecule is O=C(NNC(=O)[C@@H]1CCS(=O)(=O)C1)c1ccc(-c2cc(F)c(F)c(F)c2)cc1. The fourth-order valence-corrected chi connectivity index (χ4v) is 4.57. The number of hydrazine groups is 1. The summed E-state index contributed by atoms with van der Waals surface area (Å²) in [6.07, 6.45) is 0.198. The van der Waals surface area contributed by atoms with Gasteiger partial charge in [-0.25, -0.2) is 21.6 Å². The summed E-state index contributed by atoms with van der Waals surface area (Å²) in [4.78, 5) is 24.0. The maximum atomic E-state index is 13.3. The van der Waals surface area contributed by atoms with Gasteiger partial charge in [0, 0.05) is 5.56 Å². The summed E-state index contributed by atoms with van der Waals surface area (Å²) in [6, 6.07) is 7.21. The average Bonchev–Trinajstić information content (AvgIpc) is 3.03. The van der Waals surface area contributed by atoms with Crippen molar-refractivity contribution < 1.29 is 31.2 Å². The van der Waals surface area contributed by atoms with E-state index in [4.69, 9.17) is 0 Å². The summed E-state index contributed by atoms with van der Waals surface area (Å²) in [5, 5.41) is 0. The molecule has 1 aliphatic heterocycles. The normalized spacial score (nSPS) is 17.9. The van der Waals surface area contributed by atoms with Gasteiger partial charge in [0.25, 0.3) is 5.91 Å². The van der Waals surface area contributed by atoms with Gasteiger partial charge in [-0.1, -0.05) is 12.1 Å². The van der Waals surface area contributed by atoms with Gasteiger partial charge in [-0.15, -0.1) is 0 Å². The molecule has 0 radical (unpaired) electrons. The van der Waals surface area contributed by atoms with Gasteiger partial charge in [-0.2, -0.15) is 0 Å². The first kappa shape index (κ1) is 19.9. The van der Waals surface area contributed by atoms with E-state index in [1.165, 1.54) is 24.3 Å². The van der Waals surface area contributed by atoms with Crippen LogP contribution in [0.5, 0.6) is 0 Å². The predicted molar refractivity (Wildman–Crippen MR) is 94.1 cm³/mol. The lowest BCUT2D eigenvalue weighted by Crippen LogP contribution is -2.44. The summed E-state index contributed by atoms with van der Waals surface area (Å²) >= 11 is 0. The molecule has 2 aromatic rings. The first-order valence-corrected chi connectivity index (χ1v) is 10.0.